The highest BCUT2D eigenvalue weighted by atomic mass is 32.2. The van der Waals surface area contributed by atoms with Crippen LogP contribution in [0.2, 0.25) is 0 Å². The molecule has 1 spiro atoms. The second kappa shape index (κ2) is 8.88. The van der Waals surface area contributed by atoms with Crippen molar-refractivity contribution in [2.45, 2.75) is 41.2 Å². The molecule has 2 aromatic carbocycles. The van der Waals surface area contributed by atoms with E-state index in [9.17, 15) is 26.4 Å². The predicted molar refractivity (Wildman–Crippen MR) is 133 cm³/mol. The van der Waals surface area contributed by atoms with Gasteiger partial charge in [0.2, 0.25) is 0 Å². The summed E-state index contributed by atoms with van der Waals surface area (Å²) in [6.07, 6.45) is -3.48. The largest absolute Gasteiger partial charge is 0.479 e. The summed E-state index contributed by atoms with van der Waals surface area (Å²) in [5, 5.41) is -0.584. The van der Waals surface area contributed by atoms with Gasteiger partial charge in [-0.05, 0) is 55.0 Å². The standard InChI is InChI=1S/C27H25F3N2O5S.H2/c28-27(29,30)24-10-9-23-26(37-22-4-2-1-3-21(22)32(23)24)12-14-31(15-13-26)25(33)18-5-7-19(8-6-18)38(34,35)20-11-16-36-17-20;/h1-10,20H,11-17H2;1H. The number of ether oxygens (including phenoxy) is 2. The minimum Gasteiger partial charge on any atom is -0.479 e. The summed E-state index contributed by atoms with van der Waals surface area (Å²) in [5.74, 6) is 0.0986. The first kappa shape index (κ1) is 25.0. The first-order chi connectivity index (χ1) is 18.1. The lowest BCUT2D eigenvalue weighted by Gasteiger charge is -2.45. The van der Waals surface area contributed by atoms with E-state index >= 15 is 0 Å². The molecule has 0 bridgehead atoms. The topological polar surface area (TPSA) is 77.8 Å². The van der Waals surface area contributed by atoms with Gasteiger partial charge in [0.15, 0.2) is 15.4 Å². The second-order valence-electron chi connectivity index (χ2n) is 9.85. The molecule has 0 saturated carbocycles. The molecule has 11 heteroatoms. The Kier molecular flexibility index (Phi) is 5.84. The van der Waals surface area contributed by atoms with Crippen molar-refractivity contribution in [3.63, 3.8) is 0 Å². The van der Waals surface area contributed by atoms with Gasteiger partial charge >= 0.3 is 6.18 Å². The molecule has 0 radical (unpaired) electrons. The van der Waals surface area contributed by atoms with E-state index in [1.165, 1.54) is 34.9 Å². The average molecular weight is 549 g/mol. The number of rotatable bonds is 3. The number of alkyl halides is 3. The van der Waals surface area contributed by atoms with Crippen molar-refractivity contribution in [3.8, 4) is 11.4 Å². The van der Waals surface area contributed by atoms with E-state index in [1.807, 2.05) is 0 Å². The van der Waals surface area contributed by atoms with Crippen LogP contribution < -0.4 is 4.74 Å². The number of amides is 1. The molecule has 1 unspecified atom stereocenters. The fraction of sp³-hybridized carbons (Fsp3) is 0.370. The summed E-state index contributed by atoms with van der Waals surface area (Å²) in [7, 11) is -3.53. The predicted octanol–water partition coefficient (Wildman–Crippen LogP) is 4.83. The molecule has 4 heterocycles. The molecular weight excluding hydrogens is 521 g/mol. The van der Waals surface area contributed by atoms with Crippen LogP contribution in [0, 0.1) is 0 Å². The van der Waals surface area contributed by atoms with Crippen LogP contribution in [0.4, 0.5) is 13.2 Å². The number of para-hydroxylation sites is 2. The first-order valence-corrected chi connectivity index (χ1v) is 13.9. The highest BCUT2D eigenvalue weighted by Gasteiger charge is 2.48. The van der Waals surface area contributed by atoms with Crippen LogP contribution in [0.5, 0.6) is 5.75 Å². The number of piperidine rings is 1. The number of carbonyl (C=O) groups is 1. The number of hydrogen-bond acceptors (Lipinski definition) is 5. The van der Waals surface area contributed by atoms with Crippen molar-refractivity contribution in [2.24, 2.45) is 0 Å². The van der Waals surface area contributed by atoms with Crippen LogP contribution in [-0.4, -0.2) is 55.3 Å². The van der Waals surface area contributed by atoms with E-state index in [0.717, 1.165) is 6.07 Å². The highest BCUT2D eigenvalue weighted by Crippen LogP contribution is 2.48. The Labute approximate surface area is 219 Å². The maximum absolute atomic E-state index is 13.8. The second-order valence-corrected chi connectivity index (χ2v) is 12.1. The maximum atomic E-state index is 13.8. The van der Waals surface area contributed by atoms with Crippen molar-refractivity contribution in [1.82, 2.24) is 9.47 Å². The minimum atomic E-state index is -4.54. The Bertz CT molecular complexity index is 1490. The normalized spacial score (nSPS) is 20.6. The molecule has 6 rings (SSSR count). The number of hydrogen-bond donors (Lipinski definition) is 0. The van der Waals surface area contributed by atoms with Crippen LogP contribution in [-0.2, 0) is 26.4 Å². The van der Waals surface area contributed by atoms with Gasteiger partial charge in [0, 0.05) is 39.5 Å². The van der Waals surface area contributed by atoms with Gasteiger partial charge in [-0.15, -0.1) is 0 Å². The van der Waals surface area contributed by atoms with Crippen LogP contribution >= 0.6 is 0 Å². The molecular formula is C27H27F3N2O5S. The van der Waals surface area contributed by atoms with Crippen LogP contribution in [0.25, 0.3) is 5.69 Å². The minimum absolute atomic E-state index is 0. The molecule has 1 amide bonds. The lowest BCUT2D eigenvalue weighted by atomic mass is 9.86. The SMILES string of the molecule is O=C(c1ccc(S(=O)(=O)C2CCOC2)cc1)N1CCC2(CC1)Oc1ccccc1-n1c(C(F)(F)F)ccc12.[HH]. The number of aromatic nitrogens is 1. The van der Waals surface area contributed by atoms with E-state index in [-0.39, 0.29) is 31.9 Å². The summed E-state index contributed by atoms with van der Waals surface area (Å²) >= 11 is 0. The molecule has 38 heavy (non-hydrogen) atoms. The third kappa shape index (κ3) is 3.99. The smallest absolute Gasteiger partial charge is 0.431 e. The van der Waals surface area contributed by atoms with Crippen molar-refractivity contribution in [1.29, 1.82) is 0 Å². The number of halogens is 3. The van der Waals surface area contributed by atoms with Crippen molar-refractivity contribution in [3.05, 3.63) is 77.6 Å². The van der Waals surface area contributed by atoms with Gasteiger partial charge in [0.25, 0.3) is 5.91 Å². The molecule has 3 aliphatic rings. The molecule has 2 fully saturated rings. The molecule has 202 valence electrons. The van der Waals surface area contributed by atoms with E-state index in [4.69, 9.17) is 9.47 Å². The number of benzene rings is 2. The van der Waals surface area contributed by atoms with Crippen LogP contribution in [0.1, 0.15) is 42.4 Å². The van der Waals surface area contributed by atoms with Crippen molar-refractivity contribution in [2.75, 3.05) is 26.3 Å². The fourth-order valence-corrected chi connectivity index (χ4v) is 7.20. The number of sulfone groups is 1. The van der Waals surface area contributed by atoms with Crippen molar-refractivity contribution >= 4 is 15.7 Å². The lowest BCUT2D eigenvalue weighted by molar-refractivity contribution is -0.143. The third-order valence-corrected chi connectivity index (χ3v) is 9.84. The quantitative estimate of drug-likeness (QED) is 0.469. The lowest BCUT2D eigenvalue weighted by Crippen LogP contribution is -2.50. The van der Waals surface area contributed by atoms with E-state index in [1.54, 1.807) is 29.2 Å². The van der Waals surface area contributed by atoms with Crippen LogP contribution in [0.15, 0.2) is 65.6 Å². The highest BCUT2D eigenvalue weighted by molar-refractivity contribution is 7.92. The van der Waals surface area contributed by atoms with Crippen LogP contribution in [0.3, 0.4) is 0 Å². The molecule has 1 aromatic heterocycles. The fourth-order valence-electron chi connectivity index (χ4n) is 5.61. The molecule has 3 aromatic rings. The number of likely N-dealkylation sites (tertiary alicyclic amines) is 1. The Morgan fingerprint density at radius 1 is 1.00 bits per heavy atom. The van der Waals surface area contributed by atoms with Gasteiger partial charge in [-0.2, -0.15) is 13.2 Å². The summed E-state index contributed by atoms with van der Waals surface area (Å²) in [5.41, 5.74) is -0.666. The Hall–Kier alpha value is -3.31. The molecule has 7 nitrogen and oxygen atoms in total. The molecule has 0 N–H and O–H groups in total. The zero-order valence-corrected chi connectivity index (χ0v) is 21.1. The molecule has 1 atom stereocenters. The van der Waals surface area contributed by atoms with E-state index < -0.39 is 32.6 Å². The van der Waals surface area contributed by atoms with Gasteiger partial charge in [-0.3, -0.25) is 4.79 Å². The molecule has 0 aliphatic carbocycles. The Morgan fingerprint density at radius 3 is 2.37 bits per heavy atom. The third-order valence-electron chi connectivity index (χ3n) is 7.66. The monoisotopic (exact) mass is 548 g/mol. The van der Waals surface area contributed by atoms with Gasteiger partial charge < -0.3 is 18.9 Å². The average Bonchev–Trinajstić information content (AvgIpc) is 3.61. The Morgan fingerprint density at radius 2 is 1.71 bits per heavy atom. The van der Waals surface area contributed by atoms with Gasteiger partial charge in [0.1, 0.15) is 11.4 Å². The zero-order valence-electron chi connectivity index (χ0n) is 20.3. The summed E-state index contributed by atoms with van der Waals surface area (Å²) < 4.78 is 79.9. The summed E-state index contributed by atoms with van der Waals surface area (Å²) in [6, 6.07) is 15.1. The van der Waals surface area contributed by atoms with Gasteiger partial charge in [0.05, 0.1) is 28.1 Å². The van der Waals surface area contributed by atoms with E-state index in [2.05, 4.69) is 0 Å². The molecule has 3 aliphatic heterocycles. The number of carbonyl (C=O) groups excluding carboxylic acids is 1. The van der Waals surface area contributed by atoms with E-state index in [0.29, 0.717) is 48.6 Å². The summed E-state index contributed by atoms with van der Waals surface area (Å²) in [4.78, 5) is 15.0. The number of nitrogens with zero attached hydrogens (tertiary/aromatic N) is 2. The first-order valence-electron chi connectivity index (χ1n) is 12.4. The summed E-state index contributed by atoms with van der Waals surface area (Å²) in [6.45, 7) is 1.12. The number of fused-ring (bicyclic) bond motifs is 4. The zero-order chi connectivity index (χ0) is 26.7. The van der Waals surface area contributed by atoms with Crippen molar-refractivity contribution < 1.29 is 37.3 Å². The van der Waals surface area contributed by atoms with Gasteiger partial charge in [-0.25, -0.2) is 8.42 Å². The van der Waals surface area contributed by atoms with Gasteiger partial charge in [-0.1, -0.05) is 12.1 Å². The maximum Gasteiger partial charge on any atom is 0.431 e. The Balaban J connectivity index is 0.00000308. The molecule has 2 saturated heterocycles.